The molecule has 182 valence electrons. The first kappa shape index (κ1) is 24.2. The largest absolute Gasteiger partial charge is 0.492 e. The summed E-state index contributed by atoms with van der Waals surface area (Å²) < 4.78 is 11.1. The van der Waals surface area contributed by atoms with E-state index in [1.807, 2.05) is 6.92 Å². The first-order chi connectivity index (χ1) is 16.4. The van der Waals surface area contributed by atoms with Gasteiger partial charge in [0, 0.05) is 43.9 Å². The second-order valence-corrected chi connectivity index (χ2v) is 9.31. The summed E-state index contributed by atoms with van der Waals surface area (Å²) in [6.45, 7) is 7.35. The summed E-state index contributed by atoms with van der Waals surface area (Å²) in [5.41, 5.74) is 1.74. The molecule has 2 aromatic rings. The van der Waals surface area contributed by atoms with Gasteiger partial charge in [0.05, 0.1) is 48.3 Å². The average Bonchev–Trinajstić information content (AvgIpc) is 3.21. The molecule has 1 saturated heterocycles. The first-order valence-corrected chi connectivity index (χ1v) is 12.2. The van der Waals surface area contributed by atoms with E-state index in [0.29, 0.717) is 63.3 Å². The molecule has 0 aliphatic carbocycles. The molecular weight excluding hydrogens is 482 g/mol. The highest BCUT2D eigenvalue weighted by molar-refractivity contribution is 7.15. The van der Waals surface area contributed by atoms with Crippen molar-refractivity contribution in [2.75, 3.05) is 49.7 Å². The summed E-state index contributed by atoms with van der Waals surface area (Å²) in [6.07, 6.45) is 0.625. The Kier molecular flexibility index (Phi) is 7.54. The Labute approximate surface area is 206 Å². The number of anilines is 2. The normalized spacial score (nSPS) is 15.5. The van der Waals surface area contributed by atoms with E-state index >= 15 is 0 Å². The Hall–Kier alpha value is -2.89. The SMILES string of the molecule is CCOc1cc(Cl)c(C(=O)NC(=O)Nc2nc3c(s2)CN(C(C)=O)CC3)cc1N1CCOCC1. The molecule has 34 heavy (non-hydrogen) atoms. The zero-order valence-electron chi connectivity index (χ0n) is 19.0. The number of hydrogen-bond acceptors (Lipinski definition) is 8. The van der Waals surface area contributed by atoms with Crippen molar-refractivity contribution in [1.82, 2.24) is 15.2 Å². The van der Waals surface area contributed by atoms with Crippen LogP contribution in [-0.4, -0.2) is 67.2 Å². The molecule has 0 spiro atoms. The summed E-state index contributed by atoms with van der Waals surface area (Å²) >= 11 is 7.65. The molecule has 1 aromatic carbocycles. The monoisotopic (exact) mass is 507 g/mol. The number of aromatic nitrogens is 1. The Morgan fingerprint density at radius 2 is 2.00 bits per heavy atom. The van der Waals surface area contributed by atoms with Crippen molar-refractivity contribution in [3.8, 4) is 5.75 Å². The second kappa shape index (κ2) is 10.6. The summed E-state index contributed by atoms with van der Waals surface area (Å²) in [6, 6.07) is 2.52. The van der Waals surface area contributed by atoms with E-state index in [0.717, 1.165) is 16.3 Å². The van der Waals surface area contributed by atoms with Crippen LogP contribution in [0, 0.1) is 0 Å². The highest BCUT2D eigenvalue weighted by Gasteiger charge is 2.24. The van der Waals surface area contributed by atoms with Crippen LogP contribution >= 0.6 is 22.9 Å². The van der Waals surface area contributed by atoms with E-state index in [1.165, 1.54) is 18.3 Å². The molecule has 0 atom stereocenters. The maximum absolute atomic E-state index is 12.9. The number of urea groups is 1. The predicted molar refractivity (Wildman–Crippen MR) is 129 cm³/mol. The van der Waals surface area contributed by atoms with Gasteiger partial charge in [-0.3, -0.25) is 20.2 Å². The molecule has 2 aliphatic rings. The number of nitrogens with one attached hydrogen (secondary N) is 2. The fraction of sp³-hybridized carbons (Fsp3) is 0.455. The summed E-state index contributed by atoms with van der Waals surface area (Å²) in [7, 11) is 0. The number of hydrogen-bond donors (Lipinski definition) is 2. The molecule has 2 N–H and O–H groups in total. The smallest absolute Gasteiger partial charge is 0.327 e. The van der Waals surface area contributed by atoms with Crippen molar-refractivity contribution in [3.63, 3.8) is 0 Å². The van der Waals surface area contributed by atoms with Gasteiger partial charge in [-0.15, -0.1) is 0 Å². The van der Waals surface area contributed by atoms with E-state index in [-0.39, 0.29) is 16.5 Å². The summed E-state index contributed by atoms with van der Waals surface area (Å²) in [5, 5.41) is 5.48. The van der Waals surface area contributed by atoms with Gasteiger partial charge in [-0.25, -0.2) is 9.78 Å². The van der Waals surface area contributed by atoms with Crippen molar-refractivity contribution >= 4 is 51.6 Å². The van der Waals surface area contributed by atoms with Gasteiger partial charge in [0.15, 0.2) is 5.13 Å². The molecular formula is C22H26ClN5O5S. The van der Waals surface area contributed by atoms with Gasteiger partial charge in [0.1, 0.15) is 5.75 Å². The highest BCUT2D eigenvalue weighted by atomic mass is 35.5. The van der Waals surface area contributed by atoms with Crippen LogP contribution < -0.4 is 20.3 Å². The number of fused-ring (bicyclic) bond motifs is 1. The van der Waals surface area contributed by atoms with Crippen molar-refractivity contribution in [2.24, 2.45) is 0 Å². The molecule has 4 rings (SSSR count). The molecule has 0 radical (unpaired) electrons. The van der Waals surface area contributed by atoms with Crippen LogP contribution in [0.4, 0.5) is 15.6 Å². The number of carbonyl (C=O) groups excluding carboxylic acids is 3. The Bertz CT molecular complexity index is 1100. The molecule has 1 fully saturated rings. The maximum Gasteiger partial charge on any atom is 0.327 e. The summed E-state index contributed by atoms with van der Waals surface area (Å²) in [4.78, 5) is 46.2. The molecule has 3 heterocycles. The molecule has 2 aliphatic heterocycles. The average molecular weight is 508 g/mol. The lowest BCUT2D eigenvalue weighted by Gasteiger charge is -2.30. The van der Waals surface area contributed by atoms with Crippen molar-refractivity contribution in [3.05, 3.63) is 33.3 Å². The lowest BCUT2D eigenvalue weighted by Crippen LogP contribution is -2.37. The number of nitrogens with zero attached hydrogens (tertiary/aromatic N) is 3. The minimum atomic E-state index is -0.711. The topological polar surface area (TPSA) is 113 Å². The highest BCUT2D eigenvalue weighted by Crippen LogP contribution is 2.35. The van der Waals surface area contributed by atoms with Gasteiger partial charge < -0.3 is 19.3 Å². The second-order valence-electron chi connectivity index (χ2n) is 7.82. The third kappa shape index (κ3) is 5.43. The summed E-state index contributed by atoms with van der Waals surface area (Å²) in [5.74, 6) is -0.0620. The van der Waals surface area contributed by atoms with Gasteiger partial charge in [0.25, 0.3) is 5.91 Å². The van der Waals surface area contributed by atoms with Gasteiger partial charge in [-0.1, -0.05) is 22.9 Å². The zero-order chi connectivity index (χ0) is 24.2. The lowest BCUT2D eigenvalue weighted by atomic mass is 10.1. The number of rotatable bonds is 5. The third-order valence-corrected chi connectivity index (χ3v) is 6.88. The number of benzene rings is 1. The van der Waals surface area contributed by atoms with Crippen LogP contribution in [0.3, 0.4) is 0 Å². The van der Waals surface area contributed by atoms with E-state index in [1.54, 1.807) is 17.0 Å². The minimum absolute atomic E-state index is 0.000538. The number of halogens is 1. The van der Waals surface area contributed by atoms with E-state index in [4.69, 9.17) is 21.1 Å². The van der Waals surface area contributed by atoms with E-state index < -0.39 is 11.9 Å². The van der Waals surface area contributed by atoms with Crippen LogP contribution in [0.2, 0.25) is 5.02 Å². The van der Waals surface area contributed by atoms with E-state index in [9.17, 15) is 14.4 Å². The molecule has 12 heteroatoms. The van der Waals surface area contributed by atoms with Crippen molar-refractivity contribution in [1.29, 1.82) is 0 Å². The molecule has 4 amide bonds. The maximum atomic E-state index is 12.9. The lowest BCUT2D eigenvalue weighted by molar-refractivity contribution is -0.129. The molecule has 0 bridgehead atoms. The van der Waals surface area contributed by atoms with Gasteiger partial charge in [-0.05, 0) is 13.0 Å². The Morgan fingerprint density at radius 3 is 2.71 bits per heavy atom. The molecule has 10 nitrogen and oxygen atoms in total. The fourth-order valence-electron chi connectivity index (χ4n) is 3.86. The van der Waals surface area contributed by atoms with Crippen LogP contribution in [0.5, 0.6) is 5.75 Å². The Morgan fingerprint density at radius 1 is 1.24 bits per heavy atom. The van der Waals surface area contributed by atoms with E-state index in [2.05, 4.69) is 20.5 Å². The minimum Gasteiger partial charge on any atom is -0.492 e. The van der Waals surface area contributed by atoms with Crippen LogP contribution in [0.1, 0.15) is 34.8 Å². The number of carbonyl (C=O) groups is 3. The standard InChI is InChI=1S/C22H26ClN5O5S/c1-3-33-18-11-15(23)14(10-17(18)27-6-8-32-9-7-27)20(30)25-21(31)26-22-24-16-4-5-28(13(2)29)12-19(16)34-22/h10-11H,3-9,12H2,1-2H3,(H2,24,25,26,30,31). The van der Waals surface area contributed by atoms with Gasteiger partial charge >= 0.3 is 6.03 Å². The zero-order valence-corrected chi connectivity index (χ0v) is 20.6. The molecule has 1 aromatic heterocycles. The number of thiazole rings is 1. The van der Waals surface area contributed by atoms with Gasteiger partial charge in [-0.2, -0.15) is 0 Å². The van der Waals surface area contributed by atoms with Crippen molar-refractivity contribution < 1.29 is 23.9 Å². The quantitative estimate of drug-likeness (QED) is 0.639. The Balaban J connectivity index is 1.46. The van der Waals surface area contributed by atoms with Crippen LogP contribution in [0.15, 0.2) is 12.1 Å². The predicted octanol–water partition coefficient (Wildman–Crippen LogP) is 2.90. The number of imide groups is 1. The van der Waals surface area contributed by atoms with Crippen LogP contribution in [-0.2, 0) is 22.5 Å². The number of morpholine rings is 1. The fourth-order valence-corrected chi connectivity index (χ4v) is 5.11. The van der Waals surface area contributed by atoms with Crippen LogP contribution in [0.25, 0.3) is 0 Å². The molecule has 0 saturated carbocycles. The van der Waals surface area contributed by atoms with Crippen molar-refractivity contribution in [2.45, 2.75) is 26.8 Å². The third-order valence-electron chi connectivity index (χ3n) is 5.57. The first-order valence-electron chi connectivity index (χ1n) is 11.0. The number of ether oxygens (including phenoxy) is 2. The van der Waals surface area contributed by atoms with Gasteiger partial charge in [0.2, 0.25) is 5.91 Å². The number of amides is 4. The molecule has 0 unspecified atom stereocenters.